The van der Waals surface area contributed by atoms with Gasteiger partial charge in [-0.3, -0.25) is 14.5 Å². The second kappa shape index (κ2) is 6.68. The van der Waals surface area contributed by atoms with Gasteiger partial charge in [-0.05, 0) is 25.7 Å². The van der Waals surface area contributed by atoms with Crippen molar-refractivity contribution in [3.63, 3.8) is 0 Å². The third-order valence-electron chi connectivity index (χ3n) is 3.26. The molecule has 1 aliphatic rings. The fourth-order valence-electron chi connectivity index (χ4n) is 2.06. The lowest BCUT2D eigenvalue weighted by Crippen LogP contribution is -2.46. The number of hydrogen-bond acceptors (Lipinski definition) is 4. The predicted octanol–water partition coefficient (Wildman–Crippen LogP) is 1.89. The van der Waals surface area contributed by atoms with Crippen molar-refractivity contribution in [3.8, 4) is 0 Å². The topological polar surface area (TPSA) is 63.7 Å². The molecule has 0 bridgehead atoms. The molecule has 1 rings (SSSR count). The number of imide groups is 1. The number of carbonyl (C=O) groups excluding carboxylic acids is 3. The highest BCUT2D eigenvalue weighted by Gasteiger charge is 2.40. The van der Waals surface area contributed by atoms with Gasteiger partial charge >= 0.3 is 5.97 Å². The Morgan fingerprint density at radius 2 is 1.74 bits per heavy atom. The Morgan fingerprint density at radius 3 is 2.16 bits per heavy atom. The van der Waals surface area contributed by atoms with Crippen LogP contribution in [0.1, 0.15) is 53.4 Å². The summed E-state index contributed by atoms with van der Waals surface area (Å²) >= 11 is 0. The summed E-state index contributed by atoms with van der Waals surface area (Å²) in [6, 6.07) is -0.767. The van der Waals surface area contributed by atoms with Crippen molar-refractivity contribution in [1.29, 1.82) is 0 Å². The summed E-state index contributed by atoms with van der Waals surface area (Å²) < 4.78 is 5.29. The van der Waals surface area contributed by atoms with E-state index in [0.717, 1.165) is 4.90 Å². The second-order valence-corrected chi connectivity index (χ2v) is 5.46. The Balaban J connectivity index is 2.85. The number of likely N-dealkylation sites (tertiary alicyclic amines) is 1. The lowest BCUT2D eigenvalue weighted by molar-refractivity contribution is -0.162. The number of nitrogens with zero attached hydrogens (tertiary/aromatic N) is 1. The quantitative estimate of drug-likeness (QED) is 0.545. The first-order valence-corrected chi connectivity index (χ1v) is 6.92. The molecule has 1 aliphatic heterocycles. The molecule has 0 radical (unpaired) electrons. The highest BCUT2D eigenvalue weighted by atomic mass is 16.5. The van der Waals surface area contributed by atoms with Crippen LogP contribution < -0.4 is 0 Å². The van der Waals surface area contributed by atoms with Gasteiger partial charge in [-0.25, -0.2) is 4.79 Å². The van der Waals surface area contributed by atoms with Gasteiger partial charge in [0.2, 0.25) is 11.8 Å². The molecule has 2 atom stereocenters. The average molecular weight is 269 g/mol. The highest BCUT2D eigenvalue weighted by Crippen LogP contribution is 2.22. The fourth-order valence-corrected chi connectivity index (χ4v) is 2.06. The van der Waals surface area contributed by atoms with E-state index >= 15 is 0 Å². The van der Waals surface area contributed by atoms with Crippen molar-refractivity contribution in [2.75, 3.05) is 0 Å². The van der Waals surface area contributed by atoms with Gasteiger partial charge in [-0.2, -0.15) is 0 Å². The fraction of sp³-hybridized carbons (Fsp3) is 0.786. The molecule has 5 heteroatoms. The molecule has 0 aliphatic carbocycles. The normalized spacial score (nSPS) is 18.9. The van der Waals surface area contributed by atoms with E-state index in [2.05, 4.69) is 0 Å². The summed E-state index contributed by atoms with van der Waals surface area (Å²) in [5, 5.41) is 0. The van der Waals surface area contributed by atoms with E-state index in [0.29, 0.717) is 12.8 Å². The molecule has 1 unspecified atom stereocenters. The van der Waals surface area contributed by atoms with E-state index in [4.69, 9.17) is 4.74 Å². The van der Waals surface area contributed by atoms with Crippen molar-refractivity contribution in [2.45, 2.75) is 65.5 Å². The average Bonchev–Trinajstić information content (AvgIpc) is 2.65. The zero-order chi connectivity index (χ0) is 14.6. The number of ether oxygens (including phenoxy) is 1. The number of esters is 1. The van der Waals surface area contributed by atoms with E-state index < -0.39 is 12.0 Å². The van der Waals surface area contributed by atoms with Crippen LogP contribution in [0.4, 0.5) is 0 Å². The van der Waals surface area contributed by atoms with Crippen molar-refractivity contribution in [3.05, 3.63) is 0 Å². The highest BCUT2D eigenvalue weighted by molar-refractivity contribution is 6.05. The Labute approximate surface area is 114 Å². The number of carbonyl (C=O) groups is 3. The summed E-state index contributed by atoms with van der Waals surface area (Å²) in [4.78, 5) is 36.8. The van der Waals surface area contributed by atoms with Crippen LogP contribution in [-0.4, -0.2) is 34.8 Å². The standard InChI is InChI=1S/C14H23NO4/c1-5-10(4)19-14(18)11(8-9(2)3)15-12(16)6-7-13(15)17/h9-11H,5-8H2,1-4H3/t10?,11-/m0/s1. The maximum absolute atomic E-state index is 12.2. The lowest BCUT2D eigenvalue weighted by atomic mass is 10.0. The van der Waals surface area contributed by atoms with Gasteiger partial charge in [-0.1, -0.05) is 20.8 Å². The summed E-state index contributed by atoms with van der Waals surface area (Å²) in [7, 11) is 0. The van der Waals surface area contributed by atoms with Crippen molar-refractivity contribution >= 4 is 17.8 Å². The molecule has 0 aromatic rings. The van der Waals surface area contributed by atoms with Gasteiger partial charge in [0.1, 0.15) is 6.04 Å². The molecule has 1 heterocycles. The summed E-state index contributed by atoms with van der Waals surface area (Å²) in [6.45, 7) is 7.63. The van der Waals surface area contributed by atoms with Crippen LogP contribution in [0.2, 0.25) is 0 Å². The third kappa shape index (κ3) is 4.04. The van der Waals surface area contributed by atoms with Gasteiger partial charge in [0, 0.05) is 12.8 Å². The Kier molecular flexibility index (Phi) is 5.51. The molecular formula is C14H23NO4. The van der Waals surface area contributed by atoms with Crippen molar-refractivity contribution < 1.29 is 19.1 Å². The van der Waals surface area contributed by atoms with Crippen LogP contribution in [-0.2, 0) is 19.1 Å². The Hall–Kier alpha value is -1.39. The van der Waals surface area contributed by atoms with Gasteiger partial charge < -0.3 is 4.74 Å². The number of hydrogen-bond donors (Lipinski definition) is 0. The zero-order valence-corrected chi connectivity index (χ0v) is 12.1. The van der Waals surface area contributed by atoms with Gasteiger partial charge in [0.05, 0.1) is 6.10 Å². The third-order valence-corrected chi connectivity index (χ3v) is 3.26. The molecule has 1 saturated heterocycles. The molecule has 0 aromatic heterocycles. The number of amides is 2. The minimum atomic E-state index is -0.767. The van der Waals surface area contributed by atoms with Gasteiger partial charge in [0.15, 0.2) is 0 Å². The molecule has 0 saturated carbocycles. The lowest BCUT2D eigenvalue weighted by Gasteiger charge is -2.27. The maximum Gasteiger partial charge on any atom is 0.329 e. The first-order valence-electron chi connectivity index (χ1n) is 6.92. The van der Waals surface area contributed by atoms with Crippen molar-refractivity contribution in [1.82, 2.24) is 4.90 Å². The minimum Gasteiger partial charge on any atom is -0.461 e. The predicted molar refractivity (Wildman–Crippen MR) is 70.2 cm³/mol. The molecule has 0 N–H and O–H groups in total. The Bertz CT molecular complexity index is 348. The molecule has 0 aromatic carbocycles. The smallest absolute Gasteiger partial charge is 0.329 e. The summed E-state index contributed by atoms with van der Waals surface area (Å²) in [6.07, 6.45) is 1.36. The summed E-state index contributed by atoms with van der Waals surface area (Å²) in [5.41, 5.74) is 0. The molecule has 19 heavy (non-hydrogen) atoms. The van der Waals surface area contributed by atoms with Crippen LogP contribution >= 0.6 is 0 Å². The zero-order valence-electron chi connectivity index (χ0n) is 12.1. The van der Waals surface area contributed by atoms with Gasteiger partial charge in [-0.15, -0.1) is 0 Å². The van der Waals surface area contributed by atoms with Crippen molar-refractivity contribution in [2.24, 2.45) is 5.92 Å². The van der Waals surface area contributed by atoms with E-state index in [1.807, 2.05) is 20.8 Å². The second-order valence-electron chi connectivity index (χ2n) is 5.46. The largest absolute Gasteiger partial charge is 0.461 e. The molecule has 108 valence electrons. The van der Waals surface area contributed by atoms with Crippen LogP contribution in [0.3, 0.4) is 0 Å². The van der Waals surface area contributed by atoms with Crippen LogP contribution in [0.25, 0.3) is 0 Å². The maximum atomic E-state index is 12.2. The molecule has 1 fully saturated rings. The molecular weight excluding hydrogens is 246 g/mol. The van der Waals surface area contributed by atoms with Crippen LogP contribution in [0, 0.1) is 5.92 Å². The van der Waals surface area contributed by atoms with E-state index in [1.54, 1.807) is 6.92 Å². The molecule has 5 nitrogen and oxygen atoms in total. The van der Waals surface area contributed by atoms with E-state index in [-0.39, 0.29) is 36.7 Å². The summed E-state index contributed by atoms with van der Waals surface area (Å²) in [5.74, 6) is -0.796. The van der Waals surface area contributed by atoms with E-state index in [1.165, 1.54) is 0 Å². The first-order chi connectivity index (χ1) is 8.86. The molecule has 0 spiro atoms. The van der Waals surface area contributed by atoms with E-state index in [9.17, 15) is 14.4 Å². The van der Waals surface area contributed by atoms with Crippen LogP contribution in [0.5, 0.6) is 0 Å². The monoisotopic (exact) mass is 269 g/mol. The minimum absolute atomic E-state index is 0.198. The Morgan fingerprint density at radius 1 is 1.21 bits per heavy atom. The van der Waals surface area contributed by atoms with Gasteiger partial charge in [0.25, 0.3) is 0 Å². The van der Waals surface area contributed by atoms with Crippen LogP contribution in [0.15, 0.2) is 0 Å². The SMILES string of the molecule is CCC(C)OC(=O)[C@H](CC(C)C)N1C(=O)CCC1=O. The first kappa shape index (κ1) is 15.7. The number of rotatable bonds is 6. The molecule has 2 amide bonds.